The maximum absolute atomic E-state index is 13.2. The Morgan fingerprint density at radius 3 is 2.68 bits per heavy atom. The van der Waals surface area contributed by atoms with Crippen molar-refractivity contribution in [3.8, 4) is 0 Å². The summed E-state index contributed by atoms with van der Waals surface area (Å²) in [7, 11) is 0. The van der Waals surface area contributed by atoms with E-state index >= 15 is 0 Å². The first-order valence-electron chi connectivity index (χ1n) is 9.94. The van der Waals surface area contributed by atoms with Crippen LogP contribution in [0, 0.1) is 13.8 Å². The third-order valence-corrected chi connectivity index (χ3v) is 6.56. The van der Waals surface area contributed by atoms with Crippen molar-refractivity contribution in [2.75, 3.05) is 18.1 Å². The Hall–Kier alpha value is -2.24. The summed E-state index contributed by atoms with van der Waals surface area (Å²) >= 11 is 1.62. The monoisotopic (exact) mass is 394 g/mol. The molecule has 5 heteroatoms. The molecule has 1 atom stereocenters. The van der Waals surface area contributed by atoms with Gasteiger partial charge in [-0.3, -0.25) is 9.69 Å². The van der Waals surface area contributed by atoms with Crippen LogP contribution in [0.15, 0.2) is 42.5 Å². The number of benzene rings is 2. The molecule has 2 aromatic carbocycles. The van der Waals surface area contributed by atoms with E-state index in [-0.39, 0.29) is 12.0 Å². The van der Waals surface area contributed by atoms with E-state index in [1.807, 2.05) is 23.1 Å². The van der Waals surface area contributed by atoms with Crippen molar-refractivity contribution in [1.82, 2.24) is 4.98 Å². The zero-order chi connectivity index (χ0) is 19.5. The van der Waals surface area contributed by atoms with Gasteiger partial charge < -0.3 is 4.74 Å². The maximum atomic E-state index is 13.2. The molecule has 1 aromatic heterocycles. The summed E-state index contributed by atoms with van der Waals surface area (Å²) in [5.41, 5.74) is 4.55. The molecule has 4 nitrogen and oxygen atoms in total. The van der Waals surface area contributed by atoms with Crippen molar-refractivity contribution in [2.24, 2.45) is 0 Å². The number of carbonyl (C=O) groups is 1. The quantitative estimate of drug-likeness (QED) is 0.587. The Kier molecular flexibility index (Phi) is 5.74. The first-order chi connectivity index (χ1) is 13.6. The summed E-state index contributed by atoms with van der Waals surface area (Å²) in [5.74, 6) is 0.119. The Labute approximate surface area is 170 Å². The van der Waals surface area contributed by atoms with Crippen LogP contribution in [-0.2, 0) is 16.0 Å². The van der Waals surface area contributed by atoms with Crippen molar-refractivity contribution >= 4 is 32.6 Å². The first-order valence-corrected chi connectivity index (χ1v) is 10.8. The van der Waals surface area contributed by atoms with Crippen LogP contribution in [0.4, 0.5) is 5.13 Å². The molecule has 0 saturated carbocycles. The third kappa shape index (κ3) is 4.10. The topological polar surface area (TPSA) is 42.4 Å². The molecule has 0 bridgehead atoms. The van der Waals surface area contributed by atoms with Gasteiger partial charge in [-0.05, 0) is 49.8 Å². The number of aromatic nitrogens is 1. The van der Waals surface area contributed by atoms with E-state index in [1.165, 1.54) is 15.8 Å². The Balaban J connectivity index is 1.60. The van der Waals surface area contributed by atoms with Crippen LogP contribution in [0.25, 0.3) is 10.2 Å². The zero-order valence-corrected chi connectivity index (χ0v) is 17.3. The van der Waals surface area contributed by atoms with Gasteiger partial charge in [-0.25, -0.2) is 4.98 Å². The summed E-state index contributed by atoms with van der Waals surface area (Å²) < 4.78 is 6.99. The minimum Gasteiger partial charge on any atom is -0.376 e. The Morgan fingerprint density at radius 2 is 1.96 bits per heavy atom. The number of rotatable bonds is 6. The molecule has 1 saturated heterocycles. The molecular weight excluding hydrogens is 368 g/mol. The van der Waals surface area contributed by atoms with Crippen molar-refractivity contribution in [3.05, 3.63) is 59.2 Å². The number of fused-ring (bicyclic) bond motifs is 1. The largest absolute Gasteiger partial charge is 0.376 e. The van der Waals surface area contributed by atoms with E-state index in [0.717, 1.165) is 42.1 Å². The van der Waals surface area contributed by atoms with Crippen molar-refractivity contribution in [1.29, 1.82) is 0 Å². The lowest BCUT2D eigenvalue weighted by molar-refractivity contribution is -0.119. The molecule has 0 aliphatic carbocycles. The predicted octanol–water partition coefficient (Wildman–Crippen LogP) is 5.06. The second kappa shape index (κ2) is 8.41. The molecule has 0 spiro atoms. The molecule has 1 fully saturated rings. The van der Waals surface area contributed by atoms with E-state index in [9.17, 15) is 4.79 Å². The summed E-state index contributed by atoms with van der Waals surface area (Å²) in [6.45, 7) is 5.55. The van der Waals surface area contributed by atoms with E-state index < -0.39 is 0 Å². The fourth-order valence-electron chi connectivity index (χ4n) is 3.67. The van der Waals surface area contributed by atoms with Crippen LogP contribution in [0.2, 0.25) is 0 Å². The third-order valence-electron chi connectivity index (χ3n) is 5.34. The van der Waals surface area contributed by atoms with E-state index in [2.05, 4.69) is 38.1 Å². The van der Waals surface area contributed by atoms with Crippen molar-refractivity contribution < 1.29 is 9.53 Å². The highest BCUT2D eigenvalue weighted by Crippen LogP contribution is 2.34. The molecule has 1 aliphatic heterocycles. The average molecular weight is 395 g/mol. The summed E-state index contributed by atoms with van der Waals surface area (Å²) in [4.78, 5) is 19.9. The summed E-state index contributed by atoms with van der Waals surface area (Å²) in [6, 6.07) is 14.4. The van der Waals surface area contributed by atoms with Gasteiger partial charge in [0, 0.05) is 13.0 Å². The molecule has 4 rings (SSSR count). The fraction of sp³-hybridized carbons (Fsp3) is 0.391. The fourth-order valence-corrected chi connectivity index (χ4v) is 4.81. The van der Waals surface area contributed by atoms with Crippen LogP contribution >= 0.6 is 11.3 Å². The van der Waals surface area contributed by atoms with Gasteiger partial charge in [-0.2, -0.15) is 0 Å². The summed E-state index contributed by atoms with van der Waals surface area (Å²) in [5, 5.41) is 0.793. The number of amides is 1. The van der Waals surface area contributed by atoms with Gasteiger partial charge in [0.2, 0.25) is 5.91 Å². The van der Waals surface area contributed by atoms with E-state index in [1.54, 1.807) is 11.3 Å². The Morgan fingerprint density at radius 1 is 1.18 bits per heavy atom. The first kappa shape index (κ1) is 19.1. The summed E-state index contributed by atoms with van der Waals surface area (Å²) in [6.07, 6.45) is 3.39. The molecule has 146 valence electrons. The van der Waals surface area contributed by atoms with Gasteiger partial charge in [-0.1, -0.05) is 53.8 Å². The molecule has 0 N–H and O–H groups in total. The second-order valence-electron chi connectivity index (χ2n) is 7.50. The molecule has 28 heavy (non-hydrogen) atoms. The minimum absolute atomic E-state index is 0.106. The highest BCUT2D eigenvalue weighted by Gasteiger charge is 2.26. The molecular formula is C23H26N2O2S. The van der Waals surface area contributed by atoms with Crippen LogP contribution in [0.3, 0.4) is 0 Å². The number of hydrogen-bond donors (Lipinski definition) is 0. The van der Waals surface area contributed by atoms with Crippen LogP contribution in [0.5, 0.6) is 0 Å². The predicted molar refractivity (Wildman–Crippen MR) is 115 cm³/mol. The highest BCUT2D eigenvalue weighted by molar-refractivity contribution is 7.22. The lowest BCUT2D eigenvalue weighted by Gasteiger charge is -2.23. The molecule has 1 amide bonds. The Bertz CT molecular complexity index is 922. The number of carbonyl (C=O) groups excluding carboxylic acids is 1. The van der Waals surface area contributed by atoms with Crippen molar-refractivity contribution in [3.63, 3.8) is 0 Å². The average Bonchev–Trinajstić information content (AvgIpc) is 3.38. The highest BCUT2D eigenvalue weighted by atomic mass is 32.1. The van der Waals surface area contributed by atoms with Gasteiger partial charge >= 0.3 is 0 Å². The number of aryl methyl sites for hydroxylation is 3. The lowest BCUT2D eigenvalue weighted by atomic mass is 10.1. The van der Waals surface area contributed by atoms with Crippen LogP contribution < -0.4 is 4.90 Å². The van der Waals surface area contributed by atoms with Crippen molar-refractivity contribution in [2.45, 2.75) is 45.6 Å². The zero-order valence-electron chi connectivity index (χ0n) is 16.5. The molecule has 3 aromatic rings. The smallest absolute Gasteiger partial charge is 0.229 e. The van der Waals surface area contributed by atoms with E-state index in [0.29, 0.717) is 13.0 Å². The number of ether oxygens (including phenoxy) is 1. The van der Waals surface area contributed by atoms with Crippen LogP contribution in [0.1, 0.15) is 36.0 Å². The van der Waals surface area contributed by atoms with Gasteiger partial charge in [-0.15, -0.1) is 0 Å². The van der Waals surface area contributed by atoms with Gasteiger partial charge in [0.05, 0.1) is 22.9 Å². The molecule has 1 unspecified atom stereocenters. The van der Waals surface area contributed by atoms with E-state index in [4.69, 9.17) is 9.72 Å². The number of hydrogen-bond acceptors (Lipinski definition) is 4. The van der Waals surface area contributed by atoms with Gasteiger partial charge in [0.15, 0.2) is 5.13 Å². The van der Waals surface area contributed by atoms with Gasteiger partial charge in [0.1, 0.15) is 0 Å². The maximum Gasteiger partial charge on any atom is 0.229 e. The molecule has 1 aliphatic rings. The minimum atomic E-state index is 0.106. The van der Waals surface area contributed by atoms with Gasteiger partial charge in [0.25, 0.3) is 0 Å². The second-order valence-corrected chi connectivity index (χ2v) is 8.48. The number of nitrogens with zero attached hydrogens (tertiary/aromatic N) is 2. The number of anilines is 1. The molecule has 0 radical (unpaired) electrons. The number of thiazole rings is 1. The SMILES string of the molecule is Cc1ccc(C)c2sc(N(CC3CCCO3)C(=O)CCc3ccccc3)nc12. The lowest BCUT2D eigenvalue weighted by Crippen LogP contribution is -2.37. The molecule has 2 heterocycles. The normalized spacial score (nSPS) is 16.6. The standard InChI is InChI=1S/C23H26N2O2S/c1-16-10-11-17(2)22-21(16)24-23(28-22)25(15-19-9-6-14-27-19)20(26)13-12-18-7-4-3-5-8-18/h3-5,7-8,10-11,19H,6,9,12-15H2,1-2H3. The van der Waals surface area contributed by atoms with Crippen LogP contribution in [-0.4, -0.2) is 30.1 Å².